The molecule has 1 heterocycles. The Labute approximate surface area is 152 Å². The summed E-state index contributed by atoms with van der Waals surface area (Å²) in [5.41, 5.74) is 3.85. The summed E-state index contributed by atoms with van der Waals surface area (Å²) in [7, 11) is 0. The van der Waals surface area contributed by atoms with Gasteiger partial charge in [-0.15, -0.1) is 0 Å². The van der Waals surface area contributed by atoms with Gasteiger partial charge in [0.15, 0.2) is 0 Å². The molecule has 0 atom stereocenters. The van der Waals surface area contributed by atoms with Crippen LogP contribution >= 0.6 is 11.8 Å². The fourth-order valence-electron chi connectivity index (χ4n) is 3.08. The van der Waals surface area contributed by atoms with E-state index in [1.807, 2.05) is 31.2 Å². The second-order valence-electron chi connectivity index (χ2n) is 6.22. The average molecular weight is 353 g/mol. The molecule has 3 rings (SSSR count). The van der Waals surface area contributed by atoms with Crippen LogP contribution in [0.4, 0.5) is 0 Å². The summed E-state index contributed by atoms with van der Waals surface area (Å²) in [4.78, 5) is 12.8. The fourth-order valence-corrected chi connectivity index (χ4v) is 4.10. The number of hydrogen-bond acceptors (Lipinski definition) is 3. The Morgan fingerprint density at radius 2 is 1.92 bits per heavy atom. The standard InChI is InChI=1S/C21H23NO2S/c1-3-4-12-25-21(24)20-15(2)22(14-16-8-6-5-7-9-16)19-11-10-17(23)13-18(19)20/h5-11,13,23H,3-4,12,14H2,1-2H3. The molecular formula is C21H23NO2S. The molecule has 0 amide bonds. The van der Waals surface area contributed by atoms with Crippen LogP contribution in [0.5, 0.6) is 5.75 Å². The Kier molecular flexibility index (Phi) is 5.49. The molecule has 0 saturated heterocycles. The van der Waals surface area contributed by atoms with E-state index >= 15 is 0 Å². The van der Waals surface area contributed by atoms with E-state index in [0.29, 0.717) is 6.54 Å². The Morgan fingerprint density at radius 3 is 2.64 bits per heavy atom. The lowest BCUT2D eigenvalue weighted by atomic mass is 10.1. The highest BCUT2D eigenvalue weighted by atomic mass is 32.2. The topological polar surface area (TPSA) is 42.2 Å². The van der Waals surface area contributed by atoms with Crippen molar-refractivity contribution in [3.8, 4) is 5.75 Å². The van der Waals surface area contributed by atoms with Crippen LogP contribution in [-0.4, -0.2) is 20.5 Å². The molecule has 2 aromatic carbocycles. The number of carbonyl (C=O) groups is 1. The predicted octanol–water partition coefficient (Wildman–Crippen LogP) is 5.38. The highest BCUT2D eigenvalue weighted by molar-refractivity contribution is 8.14. The molecule has 25 heavy (non-hydrogen) atoms. The summed E-state index contributed by atoms with van der Waals surface area (Å²) >= 11 is 1.37. The van der Waals surface area contributed by atoms with Crippen molar-refractivity contribution in [2.75, 3.05) is 5.75 Å². The van der Waals surface area contributed by atoms with E-state index in [-0.39, 0.29) is 10.9 Å². The summed E-state index contributed by atoms with van der Waals surface area (Å²) in [5, 5.41) is 10.8. The Balaban J connectivity index is 2.05. The van der Waals surface area contributed by atoms with Crippen molar-refractivity contribution in [3.63, 3.8) is 0 Å². The largest absolute Gasteiger partial charge is 0.508 e. The van der Waals surface area contributed by atoms with E-state index in [2.05, 4.69) is 23.6 Å². The zero-order chi connectivity index (χ0) is 17.8. The van der Waals surface area contributed by atoms with Crippen LogP contribution in [0.15, 0.2) is 48.5 Å². The van der Waals surface area contributed by atoms with Crippen LogP contribution in [0.1, 0.15) is 41.4 Å². The maximum Gasteiger partial charge on any atom is 0.221 e. The van der Waals surface area contributed by atoms with E-state index < -0.39 is 0 Å². The molecule has 0 bridgehead atoms. The van der Waals surface area contributed by atoms with Gasteiger partial charge in [-0.25, -0.2) is 0 Å². The molecule has 0 aliphatic rings. The van der Waals surface area contributed by atoms with Crippen molar-refractivity contribution in [3.05, 3.63) is 65.4 Å². The molecule has 1 N–H and O–H groups in total. The van der Waals surface area contributed by atoms with Crippen LogP contribution in [-0.2, 0) is 6.54 Å². The van der Waals surface area contributed by atoms with E-state index in [1.165, 1.54) is 17.3 Å². The van der Waals surface area contributed by atoms with Gasteiger partial charge < -0.3 is 9.67 Å². The quantitative estimate of drug-likeness (QED) is 0.605. The Hall–Kier alpha value is -2.20. The second-order valence-corrected chi connectivity index (χ2v) is 7.29. The first kappa shape index (κ1) is 17.6. The minimum Gasteiger partial charge on any atom is -0.508 e. The molecule has 0 spiro atoms. The number of aromatic nitrogens is 1. The molecule has 3 aromatic rings. The van der Waals surface area contributed by atoms with E-state index in [0.717, 1.165) is 40.8 Å². The number of thioether (sulfide) groups is 1. The lowest BCUT2D eigenvalue weighted by molar-refractivity contribution is 0.108. The first-order valence-electron chi connectivity index (χ1n) is 8.64. The number of unbranched alkanes of at least 4 members (excludes halogenated alkanes) is 1. The summed E-state index contributed by atoms with van der Waals surface area (Å²) in [5.74, 6) is 1.02. The molecule has 3 nitrogen and oxygen atoms in total. The van der Waals surface area contributed by atoms with Gasteiger partial charge in [0.1, 0.15) is 5.75 Å². The van der Waals surface area contributed by atoms with Crippen molar-refractivity contribution in [1.29, 1.82) is 0 Å². The third kappa shape index (κ3) is 3.74. The van der Waals surface area contributed by atoms with Crippen molar-refractivity contribution < 1.29 is 9.90 Å². The monoisotopic (exact) mass is 353 g/mol. The number of fused-ring (bicyclic) bond motifs is 1. The number of carbonyl (C=O) groups excluding carboxylic acids is 1. The third-order valence-corrected chi connectivity index (χ3v) is 5.38. The summed E-state index contributed by atoms with van der Waals surface area (Å²) in [6.07, 6.45) is 2.11. The lowest BCUT2D eigenvalue weighted by Gasteiger charge is -2.09. The number of aromatic hydroxyl groups is 1. The van der Waals surface area contributed by atoms with Gasteiger partial charge in [-0.3, -0.25) is 4.79 Å². The van der Waals surface area contributed by atoms with Gasteiger partial charge in [0.25, 0.3) is 0 Å². The SMILES string of the molecule is CCCCSC(=O)c1c(C)n(Cc2ccccc2)c2ccc(O)cc12. The van der Waals surface area contributed by atoms with Gasteiger partial charge in [0.2, 0.25) is 5.12 Å². The molecule has 1 aromatic heterocycles. The van der Waals surface area contributed by atoms with Crippen LogP contribution in [0, 0.1) is 6.92 Å². The molecule has 0 unspecified atom stereocenters. The van der Waals surface area contributed by atoms with Crippen LogP contribution in [0.2, 0.25) is 0 Å². The van der Waals surface area contributed by atoms with Gasteiger partial charge in [-0.05, 0) is 37.1 Å². The third-order valence-electron chi connectivity index (χ3n) is 4.43. The minimum atomic E-state index is 0.0911. The number of benzene rings is 2. The molecule has 0 aliphatic heterocycles. The van der Waals surface area contributed by atoms with E-state index in [4.69, 9.17) is 0 Å². The van der Waals surface area contributed by atoms with Gasteiger partial charge >= 0.3 is 0 Å². The number of phenols is 1. The molecular weight excluding hydrogens is 330 g/mol. The fraction of sp³-hybridized carbons (Fsp3) is 0.286. The van der Waals surface area contributed by atoms with E-state index in [1.54, 1.807) is 12.1 Å². The average Bonchev–Trinajstić information content (AvgIpc) is 2.87. The first-order valence-corrected chi connectivity index (χ1v) is 9.63. The minimum absolute atomic E-state index is 0.0911. The number of hydrogen-bond donors (Lipinski definition) is 1. The van der Waals surface area contributed by atoms with Crippen LogP contribution < -0.4 is 0 Å². The zero-order valence-corrected chi connectivity index (χ0v) is 15.5. The Morgan fingerprint density at radius 1 is 1.16 bits per heavy atom. The molecule has 0 aliphatic carbocycles. The van der Waals surface area contributed by atoms with Crippen LogP contribution in [0.3, 0.4) is 0 Å². The smallest absolute Gasteiger partial charge is 0.221 e. The molecule has 130 valence electrons. The van der Waals surface area contributed by atoms with Crippen LogP contribution in [0.25, 0.3) is 10.9 Å². The second kappa shape index (κ2) is 7.79. The summed E-state index contributed by atoms with van der Waals surface area (Å²) in [6, 6.07) is 15.5. The van der Waals surface area contributed by atoms with Gasteiger partial charge in [0.05, 0.1) is 5.56 Å². The maximum absolute atomic E-state index is 12.8. The summed E-state index contributed by atoms with van der Waals surface area (Å²) < 4.78 is 2.16. The highest BCUT2D eigenvalue weighted by Gasteiger charge is 2.20. The normalized spacial score (nSPS) is 11.1. The first-order chi connectivity index (χ1) is 12.1. The number of phenolic OH excluding ortho intramolecular Hbond substituents is 1. The van der Waals surface area contributed by atoms with E-state index in [9.17, 15) is 9.90 Å². The zero-order valence-electron chi connectivity index (χ0n) is 14.7. The predicted molar refractivity (Wildman–Crippen MR) is 106 cm³/mol. The van der Waals surface area contributed by atoms with Crippen molar-refractivity contribution in [2.24, 2.45) is 0 Å². The summed E-state index contributed by atoms with van der Waals surface area (Å²) in [6.45, 7) is 4.83. The molecule has 0 saturated carbocycles. The molecule has 4 heteroatoms. The van der Waals surface area contributed by atoms with Gasteiger partial charge in [-0.2, -0.15) is 0 Å². The van der Waals surface area contributed by atoms with Crippen molar-refractivity contribution in [1.82, 2.24) is 4.57 Å². The Bertz CT molecular complexity index is 884. The molecule has 0 radical (unpaired) electrons. The lowest BCUT2D eigenvalue weighted by Crippen LogP contribution is -2.04. The van der Waals surface area contributed by atoms with Crippen molar-refractivity contribution >= 4 is 27.8 Å². The van der Waals surface area contributed by atoms with Crippen molar-refractivity contribution in [2.45, 2.75) is 33.2 Å². The highest BCUT2D eigenvalue weighted by Crippen LogP contribution is 2.32. The maximum atomic E-state index is 12.8. The van der Waals surface area contributed by atoms with Gasteiger partial charge in [0, 0.05) is 28.9 Å². The number of nitrogens with zero attached hydrogens (tertiary/aromatic N) is 1. The molecule has 0 fully saturated rings. The number of rotatable bonds is 6. The van der Waals surface area contributed by atoms with Gasteiger partial charge in [-0.1, -0.05) is 55.4 Å².